The van der Waals surface area contributed by atoms with Crippen molar-refractivity contribution in [3.8, 4) is 0 Å². The Bertz CT molecular complexity index is 588. The van der Waals surface area contributed by atoms with Crippen LogP contribution < -0.4 is 10.2 Å². The molecule has 1 aliphatic heterocycles. The molecule has 0 bridgehead atoms. The first kappa shape index (κ1) is 15.5. The van der Waals surface area contributed by atoms with Crippen LogP contribution in [0.1, 0.15) is 39.2 Å². The fraction of sp³-hybridized carbons (Fsp3) is 0.500. The maximum atomic E-state index is 13.3. The number of benzene rings is 1. The second-order valence-corrected chi connectivity index (χ2v) is 5.70. The SMILES string of the molecule is CCC1C(=O)NC(C)(CC)C(=O)N1c1ccc(F)cc1C. The van der Waals surface area contributed by atoms with Gasteiger partial charge in [-0.05, 0) is 50.5 Å². The second kappa shape index (κ2) is 5.47. The number of anilines is 1. The van der Waals surface area contributed by atoms with E-state index < -0.39 is 11.6 Å². The standard InChI is InChI=1S/C16H21FN2O2/c1-5-12-14(20)18-16(4,6-2)15(21)19(12)13-8-7-11(17)9-10(13)3/h7-9,12H,5-6H2,1-4H3,(H,18,20). The Morgan fingerprint density at radius 3 is 2.52 bits per heavy atom. The van der Waals surface area contributed by atoms with E-state index in [9.17, 15) is 14.0 Å². The fourth-order valence-electron chi connectivity index (χ4n) is 2.71. The molecule has 0 aliphatic carbocycles. The topological polar surface area (TPSA) is 49.4 Å². The Hall–Kier alpha value is -1.91. The first-order valence-corrected chi connectivity index (χ1v) is 7.26. The highest BCUT2D eigenvalue weighted by Crippen LogP contribution is 2.31. The van der Waals surface area contributed by atoms with Crippen molar-refractivity contribution in [2.24, 2.45) is 0 Å². The number of carbonyl (C=O) groups is 2. The molecule has 0 saturated carbocycles. The molecule has 1 aliphatic rings. The van der Waals surface area contributed by atoms with Gasteiger partial charge in [0.1, 0.15) is 17.4 Å². The average molecular weight is 292 g/mol. The summed E-state index contributed by atoms with van der Waals surface area (Å²) in [6.07, 6.45) is 1.01. The van der Waals surface area contributed by atoms with Crippen LogP contribution in [0.2, 0.25) is 0 Å². The third kappa shape index (κ3) is 2.52. The van der Waals surface area contributed by atoms with Gasteiger partial charge in [0, 0.05) is 5.69 Å². The Labute approximate surface area is 124 Å². The van der Waals surface area contributed by atoms with Crippen LogP contribution in [-0.4, -0.2) is 23.4 Å². The van der Waals surface area contributed by atoms with E-state index in [1.807, 2.05) is 13.8 Å². The molecule has 1 aromatic rings. The maximum absolute atomic E-state index is 13.3. The molecule has 1 N–H and O–H groups in total. The van der Waals surface area contributed by atoms with E-state index in [-0.39, 0.29) is 17.6 Å². The first-order valence-electron chi connectivity index (χ1n) is 7.26. The highest BCUT2D eigenvalue weighted by Gasteiger charge is 2.47. The number of amides is 2. The monoisotopic (exact) mass is 292 g/mol. The maximum Gasteiger partial charge on any atom is 0.253 e. The summed E-state index contributed by atoms with van der Waals surface area (Å²) in [4.78, 5) is 26.7. The molecule has 1 saturated heterocycles. The number of rotatable bonds is 3. The minimum atomic E-state index is -0.913. The van der Waals surface area contributed by atoms with Gasteiger partial charge in [0.25, 0.3) is 5.91 Å². The number of aryl methyl sites for hydroxylation is 1. The molecule has 1 heterocycles. The van der Waals surface area contributed by atoms with Gasteiger partial charge < -0.3 is 5.32 Å². The van der Waals surface area contributed by atoms with Gasteiger partial charge in [-0.15, -0.1) is 0 Å². The van der Waals surface area contributed by atoms with Crippen LogP contribution in [0.25, 0.3) is 0 Å². The molecule has 0 aromatic heterocycles. The minimum Gasteiger partial charge on any atom is -0.340 e. The average Bonchev–Trinajstić information content (AvgIpc) is 2.43. The van der Waals surface area contributed by atoms with Crippen molar-refractivity contribution >= 4 is 17.5 Å². The zero-order valence-electron chi connectivity index (χ0n) is 12.9. The summed E-state index contributed by atoms with van der Waals surface area (Å²) in [5.74, 6) is -0.659. The van der Waals surface area contributed by atoms with Crippen LogP contribution in [0.15, 0.2) is 18.2 Å². The molecule has 1 fully saturated rings. The van der Waals surface area contributed by atoms with Gasteiger partial charge in [-0.1, -0.05) is 13.8 Å². The number of carbonyl (C=O) groups excluding carboxylic acids is 2. The van der Waals surface area contributed by atoms with Crippen LogP contribution in [-0.2, 0) is 9.59 Å². The van der Waals surface area contributed by atoms with Gasteiger partial charge in [-0.3, -0.25) is 14.5 Å². The fourth-order valence-corrected chi connectivity index (χ4v) is 2.71. The van der Waals surface area contributed by atoms with Gasteiger partial charge >= 0.3 is 0 Å². The van der Waals surface area contributed by atoms with E-state index >= 15 is 0 Å². The molecule has 21 heavy (non-hydrogen) atoms. The molecule has 2 atom stereocenters. The number of nitrogens with zero attached hydrogens (tertiary/aromatic N) is 1. The van der Waals surface area contributed by atoms with E-state index in [1.54, 1.807) is 19.9 Å². The van der Waals surface area contributed by atoms with Crippen molar-refractivity contribution in [1.82, 2.24) is 5.32 Å². The second-order valence-electron chi connectivity index (χ2n) is 5.70. The van der Waals surface area contributed by atoms with Gasteiger partial charge in [-0.25, -0.2) is 4.39 Å². The molecule has 114 valence electrons. The zero-order valence-corrected chi connectivity index (χ0v) is 12.9. The van der Waals surface area contributed by atoms with Crippen LogP contribution in [0.5, 0.6) is 0 Å². The first-order chi connectivity index (χ1) is 9.84. The summed E-state index contributed by atoms with van der Waals surface area (Å²) < 4.78 is 13.3. The lowest BCUT2D eigenvalue weighted by molar-refractivity contribution is -0.138. The van der Waals surface area contributed by atoms with E-state index in [1.165, 1.54) is 17.0 Å². The molecule has 1 aromatic carbocycles. The summed E-state index contributed by atoms with van der Waals surface area (Å²) in [6, 6.07) is 3.71. The largest absolute Gasteiger partial charge is 0.340 e. The summed E-state index contributed by atoms with van der Waals surface area (Å²) >= 11 is 0. The molecule has 2 unspecified atom stereocenters. The number of nitrogens with one attached hydrogen (secondary N) is 1. The summed E-state index contributed by atoms with van der Waals surface area (Å²) in [7, 11) is 0. The molecule has 4 nitrogen and oxygen atoms in total. The number of halogens is 1. The smallest absolute Gasteiger partial charge is 0.253 e. The Balaban J connectivity index is 2.54. The highest BCUT2D eigenvalue weighted by molar-refractivity contribution is 6.10. The van der Waals surface area contributed by atoms with Crippen LogP contribution in [0, 0.1) is 12.7 Å². The third-order valence-corrected chi connectivity index (χ3v) is 4.22. The predicted molar refractivity (Wildman–Crippen MR) is 79.5 cm³/mol. The van der Waals surface area contributed by atoms with E-state index in [0.29, 0.717) is 24.1 Å². The molecule has 5 heteroatoms. The lowest BCUT2D eigenvalue weighted by atomic mass is 9.90. The molecule has 2 rings (SSSR count). The molecular formula is C16H21FN2O2. The lowest BCUT2D eigenvalue weighted by Gasteiger charge is -2.44. The van der Waals surface area contributed by atoms with Crippen molar-refractivity contribution in [2.75, 3.05) is 4.90 Å². The van der Waals surface area contributed by atoms with Gasteiger partial charge in [0.15, 0.2) is 0 Å². The molecule has 0 radical (unpaired) electrons. The molecular weight excluding hydrogens is 271 g/mol. The molecule has 2 amide bonds. The van der Waals surface area contributed by atoms with Crippen LogP contribution in [0.3, 0.4) is 0 Å². The summed E-state index contributed by atoms with van der Waals surface area (Å²) in [5, 5.41) is 2.82. The normalized spacial score (nSPS) is 26.0. The van der Waals surface area contributed by atoms with Crippen molar-refractivity contribution in [3.05, 3.63) is 29.6 Å². The van der Waals surface area contributed by atoms with Crippen molar-refractivity contribution in [2.45, 2.75) is 52.1 Å². The van der Waals surface area contributed by atoms with Crippen molar-refractivity contribution < 1.29 is 14.0 Å². The van der Waals surface area contributed by atoms with Crippen LogP contribution >= 0.6 is 0 Å². The lowest BCUT2D eigenvalue weighted by Crippen LogP contribution is -2.69. The van der Waals surface area contributed by atoms with Gasteiger partial charge in [-0.2, -0.15) is 0 Å². The number of hydrogen-bond donors (Lipinski definition) is 1. The van der Waals surface area contributed by atoms with Crippen molar-refractivity contribution in [1.29, 1.82) is 0 Å². The third-order valence-electron chi connectivity index (χ3n) is 4.22. The van der Waals surface area contributed by atoms with Gasteiger partial charge in [0.05, 0.1) is 0 Å². The summed E-state index contributed by atoms with van der Waals surface area (Å²) in [6.45, 7) is 7.19. The van der Waals surface area contributed by atoms with Crippen molar-refractivity contribution in [3.63, 3.8) is 0 Å². The minimum absolute atomic E-state index is 0.147. The summed E-state index contributed by atoms with van der Waals surface area (Å²) in [5.41, 5.74) is 0.335. The molecule has 0 spiro atoms. The quantitative estimate of drug-likeness (QED) is 0.930. The van der Waals surface area contributed by atoms with E-state index in [0.717, 1.165) is 0 Å². The number of hydrogen-bond acceptors (Lipinski definition) is 2. The highest BCUT2D eigenvalue weighted by atomic mass is 19.1. The van der Waals surface area contributed by atoms with E-state index in [2.05, 4.69) is 5.32 Å². The Morgan fingerprint density at radius 1 is 1.33 bits per heavy atom. The van der Waals surface area contributed by atoms with E-state index in [4.69, 9.17) is 0 Å². The van der Waals surface area contributed by atoms with Gasteiger partial charge in [0.2, 0.25) is 5.91 Å². The number of piperazine rings is 1. The predicted octanol–water partition coefficient (Wildman–Crippen LogP) is 2.54. The Kier molecular flexibility index (Phi) is 4.03. The Morgan fingerprint density at radius 2 is 2.00 bits per heavy atom. The zero-order chi connectivity index (χ0) is 15.8. The van der Waals surface area contributed by atoms with Crippen LogP contribution in [0.4, 0.5) is 10.1 Å².